The Kier molecular flexibility index (Phi) is 3.89. The molecule has 0 bridgehead atoms. The molecule has 0 spiro atoms. The molecule has 0 radical (unpaired) electrons. The van der Waals surface area contributed by atoms with Crippen molar-refractivity contribution in [3.8, 4) is 0 Å². The Morgan fingerprint density at radius 3 is 2.05 bits per heavy atom. The minimum Gasteiger partial charge on any atom is -0.267 e. The highest BCUT2D eigenvalue weighted by Crippen LogP contribution is 2.35. The Bertz CT molecular complexity index is 695. The lowest BCUT2D eigenvalue weighted by Crippen LogP contribution is -2.21. The zero-order chi connectivity index (χ0) is 15.6. The van der Waals surface area contributed by atoms with E-state index in [4.69, 9.17) is 0 Å². The number of hydrogen-bond acceptors (Lipinski definition) is 7. The number of amides is 1. The van der Waals surface area contributed by atoms with Crippen molar-refractivity contribution < 1.29 is 14.6 Å². The maximum absolute atomic E-state index is 11.9. The van der Waals surface area contributed by atoms with E-state index in [-0.39, 0.29) is 10.0 Å². The third-order valence-corrected chi connectivity index (χ3v) is 3.15. The van der Waals surface area contributed by atoms with Crippen molar-refractivity contribution >= 4 is 33.2 Å². The van der Waals surface area contributed by atoms with Crippen molar-refractivity contribution in [1.29, 1.82) is 0 Å². The highest BCUT2D eigenvalue weighted by Gasteiger charge is 2.26. The SMILES string of the molecule is O=C(Nn1cnnc1)c1cc([N+](=O)[O-])c(Br)c([N+](=O)[O-])c1. The van der Waals surface area contributed by atoms with Crippen molar-refractivity contribution in [3.05, 3.63) is 55.1 Å². The monoisotopic (exact) mass is 356 g/mol. The van der Waals surface area contributed by atoms with Gasteiger partial charge in [0.15, 0.2) is 4.47 Å². The van der Waals surface area contributed by atoms with E-state index in [0.29, 0.717) is 0 Å². The number of nitrogens with one attached hydrogen (secondary N) is 1. The summed E-state index contributed by atoms with van der Waals surface area (Å²) in [5.74, 6) is -0.784. The third-order valence-electron chi connectivity index (χ3n) is 2.34. The van der Waals surface area contributed by atoms with Crippen molar-refractivity contribution in [2.75, 3.05) is 5.43 Å². The summed E-state index contributed by atoms with van der Waals surface area (Å²) in [5, 5.41) is 28.7. The first-order valence-corrected chi connectivity index (χ1v) is 5.97. The first kappa shape index (κ1) is 14.5. The number of hydrogen-bond donors (Lipinski definition) is 1. The van der Waals surface area contributed by atoms with Crippen LogP contribution in [0, 0.1) is 20.2 Å². The van der Waals surface area contributed by atoms with Crippen LogP contribution < -0.4 is 5.43 Å². The number of rotatable bonds is 4. The molecule has 0 saturated carbocycles. The van der Waals surface area contributed by atoms with Crippen LogP contribution in [0.25, 0.3) is 0 Å². The van der Waals surface area contributed by atoms with Crippen molar-refractivity contribution in [3.63, 3.8) is 0 Å². The fourth-order valence-electron chi connectivity index (χ4n) is 1.43. The van der Waals surface area contributed by atoms with E-state index in [2.05, 4.69) is 31.6 Å². The van der Waals surface area contributed by atoms with E-state index in [1.807, 2.05) is 0 Å². The lowest BCUT2D eigenvalue weighted by Gasteiger charge is -2.05. The van der Waals surface area contributed by atoms with E-state index in [0.717, 1.165) is 16.8 Å². The smallest absolute Gasteiger partial charge is 0.267 e. The van der Waals surface area contributed by atoms with Gasteiger partial charge in [0.25, 0.3) is 17.3 Å². The van der Waals surface area contributed by atoms with Crippen LogP contribution in [0.4, 0.5) is 11.4 Å². The van der Waals surface area contributed by atoms with Gasteiger partial charge in [0, 0.05) is 12.1 Å². The van der Waals surface area contributed by atoms with E-state index < -0.39 is 27.1 Å². The first-order valence-electron chi connectivity index (χ1n) is 5.18. The Hall–Kier alpha value is -2.89. The molecule has 2 rings (SSSR count). The molecule has 2 aromatic rings. The van der Waals surface area contributed by atoms with Crippen LogP contribution in [-0.4, -0.2) is 30.6 Å². The van der Waals surface area contributed by atoms with Gasteiger partial charge in [0.2, 0.25) is 0 Å². The van der Waals surface area contributed by atoms with E-state index in [9.17, 15) is 25.0 Å². The van der Waals surface area contributed by atoms with Crippen LogP contribution in [0.15, 0.2) is 29.3 Å². The molecule has 1 aromatic carbocycles. The highest BCUT2D eigenvalue weighted by atomic mass is 79.9. The number of benzene rings is 1. The third kappa shape index (κ3) is 3.00. The molecular weight excluding hydrogens is 352 g/mol. The Balaban J connectivity index is 2.46. The fourth-order valence-corrected chi connectivity index (χ4v) is 1.95. The molecule has 0 aliphatic carbocycles. The summed E-state index contributed by atoms with van der Waals surface area (Å²) >= 11 is 2.79. The minimum atomic E-state index is -0.827. The number of carbonyl (C=O) groups excluding carboxylic acids is 1. The molecule has 0 fully saturated rings. The van der Waals surface area contributed by atoms with Gasteiger partial charge in [-0.25, -0.2) is 4.68 Å². The van der Waals surface area contributed by atoms with Crippen LogP contribution >= 0.6 is 15.9 Å². The Morgan fingerprint density at radius 1 is 1.14 bits per heavy atom. The van der Waals surface area contributed by atoms with Crippen LogP contribution in [0.2, 0.25) is 0 Å². The molecule has 0 aliphatic heterocycles. The number of halogens is 1. The Morgan fingerprint density at radius 2 is 1.62 bits per heavy atom. The Labute approximate surface area is 124 Å². The van der Waals surface area contributed by atoms with Gasteiger partial charge in [-0.2, -0.15) is 0 Å². The molecule has 12 heteroatoms. The van der Waals surface area contributed by atoms with Crippen LogP contribution in [0.3, 0.4) is 0 Å². The summed E-state index contributed by atoms with van der Waals surface area (Å²) in [6.45, 7) is 0. The van der Waals surface area contributed by atoms with Crippen LogP contribution in [0.1, 0.15) is 10.4 Å². The molecule has 108 valence electrons. The molecule has 11 nitrogen and oxygen atoms in total. The summed E-state index contributed by atoms with van der Waals surface area (Å²) in [7, 11) is 0. The summed E-state index contributed by atoms with van der Waals surface area (Å²) < 4.78 is 0.792. The predicted molar refractivity (Wildman–Crippen MR) is 71.2 cm³/mol. The lowest BCUT2D eigenvalue weighted by atomic mass is 10.1. The molecule has 0 saturated heterocycles. The number of nitrogens with zero attached hydrogens (tertiary/aromatic N) is 5. The van der Waals surface area contributed by atoms with Crippen molar-refractivity contribution in [1.82, 2.24) is 14.9 Å². The molecule has 1 N–H and O–H groups in total. The van der Waals surface area contributed by atoms with Crippen molar-refractivity contribution in [2.45, 2.75) is 0 Å². The van der Waals surface area contributed by atoms with Gasteiger partial charge in [-0.15, -0.1) is 10.2 Å². The van der Waals surface area contributed by atoms with Crippen LogP contribution in [-0.2, 0) is 0 Å². The normalized spacial score (nSPS) is 10.1. The molecule has 0 aliphatic rings. The molecule has 0 atom stereocenters. The molecule has 0 unspecified atom stereocenters. The molecule has 1 heterocycles. The quantitative estimate of drug-likeness (QED) is 0.640. The number of nitro benzene ring substituents is 2. The van der Waals surface area contributed by atoms with Gasteiger partial charge >= 0.3 is 0 Å². The fraction of sp³-hybridized carbons (Fsp3) is 0. The summed E-state index contributed by atoms with van der Waals surface area (Å²) in [6, 6.07) is 1.85. The van der Waals surface area contributed by atoms with E-state index in [1.54, 1.807) is 0 Å². The van der Waals surface area contributed by atoms with Gasteiger partial charge in [-0.1, -0.05) is 0 Å². The predicted octanol–water partition coefficient (Wildman–Crippen LogP) is 1.24. The largest absolute Gasteiger partial charge is 0.291 e. The van der Waals surface area contributed by atoms with E-state index in [1.165, 1.54) is 12.7 Å². The molecule has 1 amide bonds. The van der Waals surface area contributed by atoms with Gasteiger partial charge in [0.05, 0.1) is 15.4 Å². The van der Waals surface area contributed by atoms with Crippen LogP contribution in [0.5, 0.6) is 0 Å². The topological polar surface area (TPSA) is 146 Å². The van der Waals surface area contributed by atoms with Gasteiger partial charge in [0.1, 0.15) is 12.7 Å². The summed E-state index contributed by atoms with van der Waals surface area (Å²) in [6.07, 6.45) is 2.36. The number of nitro groups is 2. The van der Waals surface area contributed by atoms with Gasteiger partial charge in [-0.05, 0) is 15.9 Å². The highest BCUT2D eigenvalue weighted by molar-refractivity contribution is 9.10. The van der Waals surface area contributed by atoms with E-state index >= 15 is 0 Å². The van der Waals surface area contributed by atoms with Gasteiger partial charge in [-0.3, -0.25) is 30.4 Å². The molecule has 1 aromatic heterocycles. The average molecular weight is 357 g/mol. The zero-order valence-electron chi connectivity index (χ0n) is 9.96. The first-order chi connectivity index (χ1) is 9.90. The second-order valence-corrected chi connectivity index (χ2v) is 4.45. The standard InChI is InChI=1S/C9H5BrN6O5/c10-8-6(15(18)19)1-5(2-7(8)16(20)21)9(17)13-14-3-11-12-4-14/h1-4H,(H,13,17). The summed E-state index contributed by atoms with van der Waals surface area (Å²) in [4.78, 5) is 32.0. The maximum atomic E-state index is 11.9. The maximum Gasteiger partial charge on any atom is 0.291 e. The number of carbonyl (C=O) groups is 1. The average Bonchev–Trinajstić information content (AvgIpc) is 2.90. The second kappa shape index (κ2) is 5.62. The zero-order valence-corrected chi connectivity index (χ0v) is 11.6. The number of aromatic nitrogens is 3. The lowest BCUT2D eigenvalue weighted by molar-refractivity contribution is -0.395. The van der Waals surface area contributed by atoms with Gasteiger partial charge < -0.3 is 0 Å². The molecule has 21 heavy (non-hydrogen) atoms. The minimum absolute atomic E-state index is 0.245. The van der Waals surface area contributed by atoms with Crippen molar-refractivity contribution in [2.24, 2.45) is 0 Å². The molecular formula is C9H5BrN6O5. The summed E-state index contributed by atoms with van der Waals surface area (Å²) in [5.41, 5.74) is 0.867. The second-order valence-electron chi connectivity index (χ2n) is 3.65.